The largest absolute Gasteiger partial charge is 0.481 e. The number of nitrogens with zero attached hydrogens (tertiary/aromatic N) is 1. The summed E-state index contributed by atoms with van der Waals surface area (Å²) in [5.41, 5.74) is 5.51. The van der Waals surface area contributed by atoms with Crippen molar-refractivity contribution >= 4 is 29.7 Å². The molecule has 8 N–H and O–H groups in total. The molecule has 0 saturated carbocycles. The Morgan fingerprint density at radius 1 is 1.17 bits per heavy atom. The van der Waals surface area contributed by atoms with Crippen molar-refractivity contribution in [3.8, 4) is 0 Å². The third kappa shape index (κ3) is 6.93. The van der Waals surface area contributed by atoms with Gasteiger partial charge in [-0.2, -0.15) is 0 Å². The number of aliphatic hydroxyl groups excluding tert-OH is 2. The van der Waals surface area contributed by atoms with E-state index in [4.69, 9.17) is 21.1 Å². The van der Waals surface area contributed by atoms with Crippen LogP contribution in [0.2, 0.25) is 0 Å². The third-order valence-electron chi connectivity index (χ3n) is 4.68. The Kier molecular flexibility index (Phi) is 9.62. The fraction of sp³-hybridized carbons (Fsp3) is 0.706. The van der Waals surface area contributed by atoms with Gasteiger partial charge in [0, 0.05) is 13.0 Å². The lowest BCUT2D eigenvalue weighted by Crippen LogP contribution is -2.59. The summed E-state index contributed by atoms with van der Waals surface area (Å²) in [5.74, 6) is -5.11. The highest BCUT2D eigenvalue weighted by atomic mass is 16.4. The smallest absolute Gasteiger partial charge is 0.326 e. The molecule has 1 saturated heterocycles. The number of hydrogen-bond acceptors (Lipinski definition) is 8. The molecule has 170 valence electrons. The van der Waals surface area contributed by atoms with Crippen molar-refractivity contribution in [3.05, 3.63) is 0 Å². The average molecular weight is 432 g/mol. The van der Waals surface area contributed by atoms with E-state index in [1.165, 1.54) is 11.8 Å². The molecule has 0 aromatic heterocycles. The summed E-state index contributed by atoms with van der Waals surface area (Å²) < 4.78 is 0. The number of carboxylic acid groups (broad SMARTS) is 2. The summed E-state index contributed by atoms with van der Waals surface area (Å²) in [5, 5.41) is 41.2. The molecule has 1 heterocycles. The Morgan fingerprint density at radius 3 is 2.30 bits per heavy atom. The molecular weight excluding hydrogens is 404 g/mol. The minimum atomic E-state index is -1.53. The Morgan fingerprint density at radius 2 is 1.80 bits per heavy atom. The van der Waals surface area contributed by atoms with Gasteiger partial charge < -0.3 is 41.7 Å². The standard InChI is InChI=1S/C17H28N4O9/c1-8(23)13(15(27)19-10(17(29)30)4-5-12(24)25)20-14(26)11-3-2-6-21(11)16(28)9(18)7-22/h8-11,13,22-23H,2-7,18H2,1H3,(H,19,27)(H,20,26)(H,24,25)(H,29,30). The zero-order chi connectivity index (χ0) is 23.0. The van der Waals surface area contributed by atoms with Crippen LogP contribution in [0.1, 0.15) is 32.6 Å². The van der Waals surface area contributed by atoms with Gasteiger partial charge in [0.2, 0.25) is 17.7 Å². The first-order valence-corrected chi connectivity index (χ1v) is 9.39. The number of amides is 3. The highest BCUT2D eigenvalue weighted by molar-refractivity contribution is 5.94. The fourth-order valence-corrected chi connectivity index (χ4v) is 3.04. The van der Waals surface area contributed by atoms with Crippen molar-refractivity contribution < 1.29 is 44.4 Å². The maximum Gasteiger partial charge on any atom is 0.326 e. The maximum absolute atomic E-state index is 12.6. The molecule has 13 heteroatoms. The number of nitrogens with two attached hydrogens (primary N) is 1. The Bertz CT molecular complexity index is 670. The number of carboxylic acids is 2. The number of likely N-dealkylation sites (tertiary alicyclic amines) is 1. The molecule has 1 aliphatic heterocycles. The molecule has 30 heavy (non-hydrogen) atoms. The highest BCUT2D eigenvalue weighted by Gasteiger charge is 2.38. The fourth-order valence-electron chi connectivity index (χ4n) is 3.04. The summed E-state index contributed by atoms with van der Waals surface area (Å²) in [6.45, 7) is 0.832. The zero-order valence-electron chi connectivity index (χ0n) is 16.5. The second-order valence-corrected chi connectivity index (χ2v) is 7.04. The van der Waals surface area contributed by atoms with Gasteiger partial charge >= 0.3 is 11.9 Å². The number of nitrogens with one attached hydrogen (secondary N) is 2. The predicted molar refractivity (Wildman–Crippen MR) is 99.8 cm³/mol. The third-order valence-corrected chi connectivity index (χ3v) is 4.68. The van der Waals surface area contributed by atoms with Gasteiger partial charge in [-0.05, 0) is 26.2 Å². The lowest BCUT2D eigenvalue weighted by molar-refractivity contribution is -0.145. The van der Waals surface area contributed by atoms with E-state index < -0.39 is 73.0 Å². The molecule has 1 rings (SSSR count). The summed E-state index contributed by atoms with van der Waals surface area (Å²) in [7, 11) is 0. The lowest BCUT2D eigenvalue weighted by atomic mass is 10.1. The second-order valence-electron chi connectivity index (χ2n) is 7.04. The molecule has 13 nitrogen and oxygen atoms in total. The van der Waals surface area contributed by atoms with E-state index in [1.807, 2.05) is 0 Å². The van der Waals surface area contributed by atoms with Crippen molar-refractivity contribution in [2.75, 3.05) is 13.2 Å². The van der Waals surface area contributed by atoms with E-state index in [2.05, 4.69) is 10.6 Å². The first kappa shape index (κ1) is 25.3. The SMILES string of the molecule is CC(O)C(NC(=O)C1CCCN1C(=O)C(N)CO)C(=O)NC(CCC(=O)O)C(=O)O. The van der Waals surface area contributed by atoms with Crippen molar-refractivity contribution in [2.45, 2.75) is 62.9 Å². The van der Waals surface area contributed by atoms with Gasteiger partial charge in [-0.15, -0.1) is 0 Å². The van der Waals surface area contributed by atoms with Crippen LogP contribution in [0.3, 0.4) is 0 Å². The quantitative estimate of drug-likeness (QED) is 0.171. The van der Waals surface area contributed by atoms with Crippen molar-refractivity contribution in [1.82, 2.24) is 15.5 Å². The topological polar surface area (TPSA) is 220 Å². The van der Waals surface area contributed by atoms with E-state index in [1.54, 1.807) is 0 Å². The predicted octanol–water partition coefficient (Wildman–Crippen LogP) is -3.40. The van der Waals surface area contributed by atoms with E-state index in [9.17, 15) is 29.1 Å². The van der Waals surface area contributed by atoms with Crippen LogP contribution in [0.5, 0.6) is 0 Å². The minimum Gasteiger partial charge on any atom is -0.481 e. The molecule has 5 atom stereocenters. The van der Waals surface area contributed by atoms with Crippen LogP contribution < -0.4 is 16.4 Å². The van der Waals surface area contributed by atoms with Crippen molar-refractivity contribution in [1.29, 1.82) is 0 Å². The molecule has 3 amide bonds. The average Bonchev–Trinajstić information content (AvgIpc) is 3.16. The highest BCUT2D eigenvalue weighted by Crippen LogP contribution is 2.18. The van der Waals surface area contributed by atoms with Crippen LogP contribution in [0.4, 0.5) is 0 Å². The van der Waals surface area contributed by atoms with Gasteiger partial charge in [0.15, 0.2) is 0 Å². The van der Waals surface area contributed by atoms with E-state index in [-0.39, 0.29) is 19.4 Å². The number of carbonyl (C=O) groups is 5. The number of carbonyl (C=O) groups excluding carboxylic acids is 3. The Hall–Kier alpha value is -2.77. The van der Waals surface area contributed by atoms with Crippen molar-refractivity contribution in [2.24, 2.45) is 5.73 Å². The van der Waals surface area contributed by atoms with E-state index >= 15 is 0 Å². The first-order valence-electron chi connectivity index (χ1n) is 9.39. The van der Waals surface area contributed by atoms with Crippen LogP contribution in [0.25, 0.3) is 0 Å². The monoisotopic (exact) mass is 432 g/mol. The zero-order valence-corrected chi connectivity index (χ0v) is 16.5. The van der Waals surface area contributed by atoms with Gasteiger partial charge in [0.05, 0.1) is 12.7 Å². The molecule has 5 unspecified atom stereocenters. The molecular formula is C17H28N4O9. The van der Waals surface area contributed by atoms with Crippen LogP contribution in [-0.2, 0) is 24.0 Å². The normalized spacial score (nSPS) is 20.0. The minimum absolute atomic E-state index is 0.229. The maximum atomic E-state index is 12.6. The Labute approximate surface area is 172 Å². The molecule has 0 aromatic rings. The van der Waals surface area contributed by atoms with Crippen LogP contribution in [0, 0.1) is 0 Å². The summed E-state index contributed by atoms with van der Waals surface area (Å²) in [6, 6.07) is -5.22. The van der Waals surface area contributed by atoms with Crippen LogP contribution in [0.15, 0.2) is 0 Å². The van der Waals surface area contributed by atoms with Gasteiger partial charge in [-0.1, -0.05) is 0 Å². The Balaban J connectivity index is 2.85. The summed E-state index contributed by atoms with van der Waals surface area (Å²) in [6.07, 6.45) is -1.54. The summed E-state index contributed by atoms with van der Waals surface area (Å²) >= 11 is 0. The van der Waals surface area contributed by atoms with Crippen molar-refractivity contribution in [3.63, 3.8) is 0 Å². The molecule has 0 aromatic carbocycles. The van der Waals surface area contributed by atoms with E-state index in [0.29, 0.717) is 6.42 Å². The molecule has 1 aliphatic rings. The number of aliphatic carboxylic acids is 2. The van der Waals surface area contributed by atoms with Crippen LogP contribution >= 0.6 is 0 Å². The van der Waals surface area contributed by atoms with Crippen LogP contribution in [-0.4, -0.2) is 98.4 Å². The molecule has 0 bridgehead atoms. The summed E-state index contributed by atoms with van der Waals surface area (Å²) in [4.78, 5) is 60.3. The number of hydrogen-bond donors (Lipinski definition) is 7. The first-order chi connectivity index (χ1) is 14.0. The number of aliphatic hydroxyl groups is 2. The lowest BCUT2D eigenvalue weighted by Gasteiger charge is -2.29. The van der Waals surface area contributed by atoms with Gasteiger partial charge in [-0.25, -0.2) is 4.79 Å². The second kappa shape index (κ2) is 11.4. The molecule has 0 aliphatic carbocycles. The van der Waals surface area contributed by atoms with Gasteiger partial charge in [0.1, 0.15) is 24.2 Å². The van der Waals surface area contributed by atoms with Gasteiger partial charge in [-0.3, -0.25) is 19.2 Å². The molecule has 1 fully saturated rings. The number of rotatable bonds is 11. The molecule has 0 radical (unpaired) electrons. The molecule has 0 spiro atoms. The van der Waals surface area contributed by atoms with Gasteiger partial charge in [0.25, 0.3) is 0 Å². The van der Waals surface area contributed by atoms with E-state index in [0.717, 1.165) is 0 Å².